The third-order valence-corrected chi connectivity index (χ3v) is 4.96. The van der Waals surface area contributed by atoms with E-state index in [-0.39, 0.29) is 23.1 Å². The molecule has 2 amide bonds. The van der Waals surface area contributed by atoms with Gasteiger partial charge in [-0.1, -0.05) is 51.4 Å². The molecule has 2 aromatic carbocycles. The lowest BCUT2D eigenvalue weighted by Gasteiger charge is -2.20. The normalized spacial score (nSPS) is 17.0. The molecule has 5 nitrogen and oxygen atoms in total. The Kier molecular flexibility index (Phi) is 5.16. The van der Waals surface area contributed by atoms with Crippen molar-refractivity contribution in [2.24, 2.45) is 5.92 Å². The average Bonchev–Trinajstić information content (AvgIpc) is 2.93. The Balaban J connectivity index is 1.71. The predicted octanol–water partition coefficient (Wildman–Crippen LogP) is 4.38. The van der Waals surface area contributed by atoms with Gasteiger partial charge in [-0.15, -0.1) is 0 Å². The van der Waals surface area contributed by atoms with Gasteiger partial charge in [0.05, 0.1) is 23.2 Å². The van der Waals surface area contributed by atoms with E-state index >= 15 is 0 Å². The molecule has 1 unspecified atom stereocenters. The molecule has 1 aliphatic heterocycles. The number of rotatable bonds is 3. The first-order valence-electron chi connectivity index (χ1n) is 8.94. The molecule has 0 radical (unpaired) electrons. The zero-order valence-corrected chi connectivity index (χ0v) is 16.7. The van der Waals surface area contributed by atoms with Gasteiger partial charge in [-0.2, -0.15) is 0 Å². The van der Waals surface area contributed by atoms with Crippen molar-refractivity contribution < 1.29 is 9.59 Å². The van der Waals surface area contributed by atoms with Crippen molar-refractivity contribution in [3.63, 3.8) is 0 Å². The van der Waals surface area contributed by atoms with E-state index in [0.29, 0.717) is 28.5 Å². The van der Waals surface area contributed by atoms with Crippen LogP contribution >= 0.6 is 11.6 Å². The molecule has 27 heavy (non-hydrogen) atoms. The maximum Gasteiger partial charge on any atom is 0.255 e. The Labute approximate surface area is 164 Å². The number of nitrogens with one attached hydrogen (secondary N) is 2. The van der Waals surface area contributed by atoms with Gasteiger partial charge in [0.25, 0.3) is 5.91 Å². The highest BCUT2D eigenvalue weighted by molar-refractivity contribution is 6.33. The van der Waals surface area contributed by atoms with Gasteiger partial charge in [-0.05, 0) is 41.3 Å². The molecule has 3 rings (SSSR count). The quantitative estimate of drug-likeness (QED) is 0.824. The Morgan fingerprint density at radius 1 is 1.19 bits per heavy atom. The van der Waals surface area contributed by atoms with E-state index in [1.165, 1.54) is 5.56 Å². The highest BCUT2D eigenvalue weighted by Gasteiger charge is 2.28. The first kappa shape index (κ1) is 19.2. The third kappa shape index (κ3) is 4.25. The zero-order valence-electron chi connectivity index (χ0n) is 16.0. The van der Waals surface area contributed by atoms with Gasteiger partial charge in [-0.3, -0.25) is 20.0 Å². The monoisotopic (exact) mass is 385 g/mol. The molecule has 1 atom stereocenters. The van der Waals surface area contributed by atoms with Crippen molar-refractivity contribution in [3.8, 4) is 0 Å². The number of carbonyl (C=O) groups is 2. The van der Waals surface area contributed by atoms with Gasteiger partial charge in [0, 0.05) is 11.3 Å². The smallest absolute Gasteiger partial charge is 0.255 e. The second-order valence-corrected chi connectivity index (χ2v) is 8.34. The molecule has 1 heterocycles. The number of carbonyl (C=O) groups excluding carboxylic acids is 2. The highest BCUT2D eigenvalue weighted by Crippen LogP contribution is 2.30. The fourth-order valence-corrected chi connectivity index (χ4v) is 3.22. The zero-order chi connectivity index (χ0) is 19.8. The summed E-state index contributed by atoms with van der Waals surface area (Å²) in [5, 5.41) is 5.05. The van der Waals surface area contributed by atoms with Gasteiger partial charge in [0.1, 0.15) is 0 Å². The minimum absolute atomic E-state index is 0.0258. The lowest BCUT2D eigenvalue weighted by molar-refractivity contribution is -0.121. The summed E-state index contributed by atoms with van der Waals surface area (Å²) in [6.45, 7) is 8.83. The molecule has 0 aromatic heterocycles. The van der Waals surface area contributed by atoms with Crippen LogP contribution in [0.3, 0.4) is 0 Å². The van der Waals surface area contributed by atoms with Gasteiger partial charge in [0.2, 0.25) is 5.91 Å². The molecule has 6 heteroatoms. The largest absolute Gasteiger partial charge is 0.322 e. The summed E-state index contributed by atoms with van der Waals surface area (Å²) in [5.41, 5.74) is 5.90. The van der Waals surface area contributed by atoms with E-state index in [1.807, 2.05) is 31.2 Å². The molecular formula is C21H24ClN3O2. The highest BCUT2D eigenvalue weighted by atomic mass is 35.5. The van der Waals surface area contributed by atoms with Crippen molar-refractivity contribution in [2.75, 3.05) is 16.9 Å². The van der Waals surface area contributed by atoms with Crippen LogP contribution in [-0.4, -0.2) is 18.4 Å². The summed E-state index contributed by atoms with van der Waals surface area (Å²) in [5.74, 6) is -0.305. The summed E-state index contributed by atoms with van der Waals surface area (Å²) in [4.78, 5) is 24.2. The van der Waals surface area contributed by atoms with E-state index in [4.69, 9.17) is 11.6 Å². The van der Waals surface area contributed by atoms with Crippen LogP contribution in [-0.2, 0) is 10.2 Å². The van der Waals surface area contributed by atoms with Crippen LogP contribution in [0.25, 0.3) is 0 Å². The minimum Gasteiger partial charge on any atom is -0.322 e. The van der Waals surface area contributed by atoms with Crippen LogP contribution in [0.2, 0.25) is 5.02 Å². The van der Waals surface area contributed by atoms with Crippen LogP contribution in [0.1, 0.15) is 43.6 Å². The standard InChI is InChI=1S/C21H24ClN3O2/c1-13-12-25(24-19(13)26)18-10-9-16(11-17(18)22)23-20(27)14-5-7-15(8-6-14)21(2,3)4/h5-11,13H,12H2,1-4H3,(H,23,27)(H,24,26). The van der Waals surface area contributed by atoms with Crippen LogP contribution in [0, 0.1) is 5.92 Å². The van der Waals surface area contributed by atoms with Gasteiger partial charge in [0.15, 0.2) is 0 Å². The van der Waals surface area contributed by atoms with Crippen LogP contribution in [0.15, 0.2) is 42.5 Å². The van der Waals surface area contributed by atoms with E-state index in [1.54, 1.807) is 23.2 Å². The van der Waals surface area contributed by atoms with E-state index in [0.717, 1.165) is 0 Å². The van der Waals surface area contributed by atoms with E-state index < -0.39 is 0 Å². The number of benzene rings is 2. The number of hydrogen-bond acceptors (Lipinski definition) is 3. The average molecular weight is 386 g/mol. The number of halogens is 1. The third-order valence-electron chi connectivity index (χ3n) is 4.66. The van der Waals surface area contributed by atoms with Crippen molar-refractivity contribution >= 4 is 34.8 Å². The lowest BCUT2D eigenvalue weighted by atomic mass is 9.87. The number of hydrogen-bond donors (Lipinski definition) is 2. The molecule has 1 saturated heterocycles. The predicted molar refractivity (Wildman–Crippen MR) is 109 cm³/mol. The van der Waals surface area contributed by atoms with Crippen LogP contribution in [0.5, 0.6) is 0 Å². The van der Waals surface area contributed by atoms with Crippen molar-refractivity contribution in [3.05, 3.63) is 58.6 Å². The van der Waals surface area contributed by atoms with Crippen LogP contribution < -0.4 is 15.8 Å². The number of nitrogens with zero attached hydrogens (tertiary/aromatic N) is 1. The SMILES string of the molecule is CC1CN(c2ccc(NC(=O)c3ccc(C(C)(C)C)cc3)cc2Cl)NC1=O. The molecule has 0 bridgehead atoms. The van der Waals surface area contributed by atoms with Crippen LogP contribution in [0.4, 0.5) is 11.4 Å². The maximum absolute atomic E-state index is 12.5. The molecule has 0 aliphatic carbocycles. The molecular weight excluding hydrogens is 362 g/mol. The Morgan fingerprint density at radius 2 is 1.85 bits per heavy atom. The fraction of sp³-hybridized carbons (Fsp3) is 0.333. The fourth-order valence-electron chi connectivity index (χ4n) is 2.93. The molecule has 2 aromatic rings. The molecule has 1 aliphatic rings. The van der Waals surface area contributed by atoms with Gasteiger partial charge < -0.3 is 5.32 Å². The summed E-state index contributed by atoms with van der Waals surface area (Å²) in [7, 11) is 0. The minimum atomic E-state index is -0.192. The number of hydrazine groups is 1. The molecule has 0 saturated carbocycles. The first-order chi connectivity index (χ1) is 12.6. The van der Waals surface area contributed by atoms with Crippen molar-refractivity contribution in [1.82, 2.24) is 5.43 Å². The molecule has 1 fully saturated rings. The lowest BCUT2D eigenvalue weighted by Crippen LogP contribution is -2.33. The van der Waals surface area contributed by atoms with Crippen molar-refractivity contribution in [1.29, 1.82) is 0 Å². The summed E-state index contributed by atoms with van der Waals surface area (Å²) >= 11 is 6.36. The number of anilines is 2. The second-order valence-electron chi connectivity index (χ2n) is 7.94. The van der Waals surface area contributed by atoms with Crippen molar-refractivity contribution in [2.45, 2.75) is 33.1 Å². The molecule has 0 spiro atoms. The van der Waals surface area contributed by atoms with Gasteiger partial charge >= 0.3 is 0 Å². The Bertz CT molecular complexity index is 872. The summed E-state index contributed by atoms with van der Waals surface area (Å²) < 4.78 is 0. The number of amides is 2. The first-order valence-corrected chi connectivity index (χ1v) is 9.32. The molecule has 142 valence electrons. The molecule has 2 N–H and O–H groups in total. The second kappa shape index (κ2) is 7.24. The summed E-state index contributed by atoms with van der Waals surface area (Å²) in [6.07, 6.45) is 0. The summed E-state index contributed by atoms with van der Waals surface area (Å²) in [6, 6.07) is 12.9. The Morgan fingerprint density at radius 3 is 2.37 bits per heavy atom. The van der Waals surface area contributed by atoms with E-state index in [2.05, 4.69) is 31.5 Å². The Hall–Kier alpha value is -2.53. The van der Waals surface area contributed by atoms with Gasteiger partial charge in [-0.25, -0.2) is 0 Å². The van der Waals surface area contributed by atoms with E-state index in [9.17, 15) is 9.59 Å². The maximum atomic E-state index is 12.5. The topological polar surface area (TPSA) is 61.4 Å².